The first kappa shape index (κ1) is 16.3. The lowest BCUT2D eigenvalue weighted by Crippen LogP contribution is -2.42. The smallest absolute Gasteiger partial charge is 0.264 e. The number of hydrogen-bond acceptors (Lipinski definition) is 3. The molecule has 1 fully saturated rings. The molecule has 1 aliphatic heterocycles. The molecule has 0 N–H and O–H groups in total. The van der Waals surface area contributed by atoms with E-state index in [1.807, 2.05) is 26.0 Å². The second kappa shape index (κ2) is 6.80. The molecule has 1 aromatic rings. The van der Waals surface area contributed by atoms with Gasteiger partial charge in [0.05, 0.1) is 12.6 Å². The summed E-state index contributed by atoms with van der Waals surface area (Å²) in [5.74, 6) is -0.163. The zero-order valence-electron chi connectivity index (χ0n) is 13.7. The van der Waals surface area contributed by atoms with Gasteiger partial charge in [0.15, 0.2) is 0 Å². The minimum atomic E-state index is -0.163. The fourth-order valence-corrected chi connectivity index (χ4v) is 2.93. The molecule has 0 aliphatic carbocycles. The van der Waals surface area contributed by atoms with Gasteiger partial charge in [-0.25, -0.2) is 0 Å². The Morgan fingerprint density at radius 2 is 2.18 bits per heavy atom. The quantitative estimate of drug-likeness (QED) is 0.620. The van der Waals surface area contributed by atoms with Crippen LogP contribution in [0.2, 0.25) is 0 Å². The van der Waals surface area contributed by atoms with Crippen molar-refractivity contribution in [3.05, 3.63) is 28.6 Å². The van der Waals surface area contributed by atoms with Crippen molar-refractivity contribution in [2.75, 3.05) is 26.8 Å². The van der Waals surface area contributed by atoms with Gasteiger partial charge in [0.25, 0.3) is 5.91 Å². The van der Waals surface area contributed by atoms with Gasteiger partial charge in [-0.05, 0) is 44.9 Å². The van der Waals surface area contributed by atoms with Crippen molar-refractivity contribution in [2.24, 2.45) is 0 Å². The molecule has 5 nitrogen and oxygen atoms in total. The van der Waals surface area contributed by atoms with Crippen molar-refractivity contribution >= 4 is 12.0 Å². The van der Waals surface area contributed by atoms with Crippen molar-refractivity contribution in [1.29, 1.82) is 5.26 Å². The monoisotopic (exact) mass is 301 g/mol. The highest BCUT2D eigenvalue weighted by molar-refractivity contribution is 6.02. The van der Waals surface area contributed by atoms with Crippen LogP contribution in [0, 0.1) is 25.2 Å². The first-order valence-corrected chi connectivity index (χ1v) is 7.58. The number of rotatable bonds is 5. The Morgan fingerprint density at radius 3 is 2.68 bits per heavy atom. The summed E-state index contributed by atoms with van der Waals surface area (Å²) in [4.78, 5) is 13.9. The number of hydrogen-bond donors (Lipinski definition) is 0. The van der Waals surface area contributed by atoms with Crippen LogP contribution in [-0.2, 0) is 9.53 Å². The van der Waals surface area contributed by atoms with Crippen LogP contribution in [0.1, 0.15) is 36.3 Å². The molecular weight excluding hydrogens is 278 g/mol. The Bertz CT molecular complexity index is 633. The van der Waals surface area contributed by atoms with Crippen LogP contribution >= 0.6 is 0 Å². The Hall–Kier alpha value is -2.06. The van der Waals surface area contributed by atoms with Crippen LogP contribution in [0.15, 0.2) is 11.6 Å². The molecule has 22 heavy (non-hydrogen) atoms. The highest BCUT2D eigenvalue weighted by Gasteiger charge is 2.24. The molecule has 1 aromatic heterocycles. The lowest BCUT2D eigenvalue weighted by atomic mass is 10.1. The molecule has 5 heteroatoms. The van der Waals surface area contributed by atoms with E-state index in [1.165, 1.54) is 0 Å². The van der Waals surface area contributed by atoms with Crippen molar-refractivity contribution in [1.82, 2.24) is 9.47 Å². The van der Waals surface area contributed by atoms with E-state index in [9.17, 15) is 10.1 Å². The SMILES string of the molecule is COCC(C)n1c(C)cc(/C=C(/C#N)C(=O)N2CCC2)c1C. The van der Waals surface area contributed by atoms with Crippen LogP contribution < -0.4 is 0 Å². The van der Waals surface area contributed by atoms with Gasteiger partial charge in [-0.3, -0.25) is 4.79 Å². The average molecular weight is 301 g/mol. The van der Waals surface area contributed by atoms with E-state index in [-0.39, 0.29) is 17.5 Å². The third-order valence-electron chi connectivity index (χ3n) is 4.17. The lowest BCUT2D eigenvalue weighted by molar-refractivity contribution is -0.129. The fraction of sp³-hybridized carbons (Fsp3) is 0.529. The van der Waals surface area contributed by atoms with Gasteiger partial charge >= 0.3 is 0 Å². The number of methoxy groups -OCH3 is 1. The highest BCUT2D eigenvalue weighted by Crippen LogP contribution is 2.23. The third kappa shape index (κ3) is 3.07. The summed E-state index contributed by atoms with van der Waals surface area (Å²) in [5.41, 5.74) is 3.28. The zero-order chi connectivity index (χ0) is 16.3. The second-order valence-electron chi connectivity index (χ2n) is 5.82. The summed E-state index contributed by atoms with van der Waals surface area (Å²) >= 11 is 0. The van der Waals surface area contributed by atoms with E-state index in [1.54, 1.807) is 18.1 Å². The number of ether oxygens (including phenoxy) is 1. The van der Waals surface area contributed by atoms with Gasteiger partial charge in [0.2, 0.25) is 0 Å². The molecule has 0 aromatic carbocycles. The maximum atomic E-state index is 12.2. The maximum absolute atomic E-state index is 12.2. The predicted molar refractivity (Wildman–Crippen MR) is 85.3 cm³/mol. The minimum Gasteiger partial charge on any atom is -0.383 e. The molecule has 2 heterocycles. The largest absolute Gasteiger partial charge is 0.383 e. The number of nitrogens with zero attached hydrogens (tertiary/aromatic N) is 3. The number of aryl methyl sites for hydroxylation is 1. The van der Waals surface area contributed by atoms with E-state index < -0.39 is 0 Å². The Kier molecular flexibility index (Phi) is 5.04. The van der Waals surface area contributed by atoms with Crippen LogP contribution in [0.5, 0.6) is 0 Å². The number of carbonyl (C=O) groups is 1. The fourth-order valence-electron chi connectivity index (χ4n) is 2.93. The molecule has 0 saturated carbocycles. The van der Waals surface area contributed by atoms with Crippen LogP contribution in [0.4, 0.5) is 0 Å². The molecule has 1 atom stereocenters. The van der Waals surface area contributed by atoms with E-state index in [4.69, 9.17) is 4.74 Å². The maximum Gasteiger partial charge on any atom is 0.264 e. The number of aromatic nitrogens is 1. The van der Waals surface area contributed by atoms with Crippen molar-refractivity contribution in [3.8, 4) is 6.07 Å². The average Bonchev–Trinajstić information content (AvgIpc) is 2.68. The molecule has 118 valence electrons. The predicted octanol–water partition coefficient (Wildman–Crippen LogP) is 2.45. The van der Waals surface area contributed by atoms with E-state index in [0.29, 0.717) is 6.61 Å². The summed E-state index contributed by atoms with van der Waals surface area (Å²) in [6.45, 7) is 8.25. The summed E-state index contributed by atoms with van der Waals surface area (Å²) in [6.07, 6.45) is 2.73. The lowest BCUT2D eigenvalue weighted by Gasteiger charge is -2.30. The number of amides is 1. The molecular formula is C17H23N3O2. The Morgan fingerprint density at radius 1 is 1.50 bits per heavy atom. The van der Waals surface area contributed by atoms with Crippen LogP contribution in [0.25, 0.3) is 6.08 Å². The van der Waals surface area contributed by atoms with Crippen molar-refractivity contribution in [2.45, 2.75) is 33.2 Å². The summed E-state index contributed by atoms with van der Waals surface area (Å²) in [7, 11) is 1.69. The normalized spacial score (nSPS) is 16.1. The molecule has 2 rings (SSSR count). The topological polar surface area (TPSA) is 58.3 Å². The minimum absolute atomic E-state index is 0.163. The summed E-state index contributed by atoms with van der Waals surface area (Å²) in [6, 6.07) is 4.27. The number of carbonyl (C=O) groups excluding carboxylic acids is 1. The Balaban J connectivity index is 2.32. The molecule has 1 unspecified atom stereocenters. The standard InChI is InChI=1S/C17H23N3O2/c1-12-8-15(14(3)20(12)13(2)11-22-4)9-16(10-18)17(21)19-6-5-7-19/h8-9,13H,5-7,11H2,1-4H3/b16-9-. The first-order chi connectivity index (χ1) is 10.5. The van der Waals surface area contributed by atoms with Gasteiger partial charge in [-0.15, -0.1) is 0 Å². The first-order valence-electron chi connectivity index (χ1n) is 7.58. The van der Waals surface area contributed by atoms with Crippen LogP contribution in [-0.4, -0.2) is 42.2 Å². The van der Waals surface area contributed by atoms with Gasteiger partial charge in [-0.1, -0.05) is 0 Å². The summed E-state index contributed by atoms with van der Waals surface area (Å²) in [5, 5.41) is 9.29. The van der Waals surface area contributed by atoms with Crippen molar-refractivity contribution in [3.63, 3.8) is 0 Å². The third-order valence-corrected chi connectivity index (χ3v) is 4.17. The molecule has 1 aliphatic rings. The highest BCUT2D eigenvalue weighted by atomic mass is 16.5. The van der Waals surface area contributed by atoms with Crippen molar-refractivity contribution < 1.29 is 9.53 Å². The second-order valence-corrected chi connectivity index (χ2v) is 5.82. The molecule has 1 amide bonds. The van der Waals surface area contributed by atoms with E-state index in [2.05, 4.69) is 11.5 Å². The van der Waals surface area contributed by atoms with E-state index >= 15 is 0 Å². The molecule has 0 spiro atoms. The van der Waals surface area contributed by atoms with Gasteiger partial charge in [-0.2, -0.15) is 5.26 Å². The molecule has 1 saturated heterocycles. The summed E-state index contributed by atoms with van der Waals surface area (Å²) < 4.78 is 7.40. The number of nitriles is 1. The van der Waals surface area contributed by atoms with Gasteiger partial charge in [0, 0.05) is 31.6 Å². The van der Waals surface area contributed by atoms with Gasteiger partial charge < -0.3 is 14.2 Å². The van der Waals surface area contributed by atoms with Crippen LogP contribution in [0.3, 0.4) is 0 Å². The number of likely N-dealkylation sites (tertiary alicyclic amines) is 1. The Labute approximate surface area is 131 Å². The van der Waals surface area contributed by atoms with Gasteiger partial charge in [0.1, 0.15) is 11.6 Å². The zero-order valence-corrected chi connectivity index (χ0v) is 13.7. The molecule has 0 bridgehead atoms. The van der Waals surface area contributed by atoms with E-state index in [0.717, 1.165) is 36.5 Å². The molecule has 0 radical (unpaired) electrons.